The summed E-state index contributed by atoms with van der Waals surface area (Å²) >= 11 is 0. The van der Waals surface area contributed by atoms with Gasteiger partial charge in [0.2, 0.25) is 5.76 Å². The van der Waals surface area contributed by atoms with Crippen LogP contribution in [-0.2, 0) is 6.42 Å². The number of rotatable bonds is 6. The minimum Gasteiger partial charge on any atom is -0.450 e. The number of hydrogen-bond acceptors (Lipinski definition) is 5. The monoisotopic (exact) mass is 391 g/mol. The number of pyridine rings is 1. The first-order valence-corrected chi connectivity index (χ1v) is 9.96. The van der Waals surface area contributed by atoms with Gasteiger partial charge in [-0.25, -0.2) is 0 Å². The fourth-order valence-electron chi connectivity index (χ4n) is 3.97. The lowest BCUT2D eigenvalue weighted by molar-refractivity contribution is 0.0722. The van der Waals surface area contributed by atoms with Crippen molar-refractivity contribution in [2.24, 2.45) is 0 Å². The third-order valence-electron chi connectivity index (χ3n) is 5.46. The Balaban J connectivity index is 1.87. The van der Waals surface area contributed by atoms with Crippen LogP contribution in [0.5, 0.6) is 0 Å². The van der Waals surface area contributed by atoms with Crippen LogP contribution in [0.15, 0.2) is 51.9 Å². The molecule has 1 aromatic carbocycles. The maximum atomic E-state index is 13.5. The molecule has 1 aliphatic rings. The van der Waals surface area contributed by atoms with Gasteiger partial charge < -0.3 is 14.2 Å². The summed E-state index contributed by atoms with van der Waals surface area (Å²) in [5.41, 5.74) is 2.71. The van der Waals surface area contributed by atoms with Crippen LogP contribution in [0.4, 0.5) is 0 Å². The van der Waals surface area contributed by atoms with Crippen LogP contribution in [0.1, 0.15) is 46.6 Å². The van der Waals surface area contributed by atoms with E-state index in [9.17, 15) is 9.59 Å². The summed E-state index contributed by atoms with van der Waals surface area (Å²) in [5, 5.41) is 0.532. The van der Waals surface area contributed by atoms with E-state index in [1.54, 1.807) is 23.4 Å². The Hall–Kier alpha value is -2.99. The highest BCUT2D eigenvalue weighted by atomic mass is 16.3. The van der Waals surface area contributed by atoms with Crippen molar-refractivity contribution in [2.75, 3.05) is 27.2 Å². The molecule has 1 amide bonds. The van der Waals surface area contributed by atoms with E-state index in [2.05, 4.69) is 9.88 Å². The Kier molecular flexibility index (Phi) is 5.20. The minimum atomic E-state index is -0.450. The number of fused-ring (bicyclic) bond motifs is 2. The normalized spacial score (nSPS) is 16.1. The molecule has 150 valence electrons. The zero-order valence-electron chi connectivity index (χ0n) is 17.0. The van der Waals surface area contributed by atoms with E-state index in [-0.39, 0.29) is 17.1 Å². The van der Waals surface area contributed by atoms with Crippen LogP contribution in [-0.4, -0.2) is 47.9 Å². The number of nitrogens with zero attached hydrogens (tertiary/aromatic N) is 3. The van der Waals surface area contributed by atoms with E-state index < -0.39 is 6.04 Å². The fraction of sp³-hybridized carbons (Fsp3) is 0.348. The van der Waals surface area contributed by atoms with Crippen molar-refractivity contribution in [3.05, 3.63) is 75.4 Å². The van der Waals surface area contributed by atoms with Crippen molar-refractivity contribution in [1.29, 1.82) is 0 Å². The smallest absolute Gasteiger partial charge is 0.290 e. The number of aromatic nitrogens is 1. The first kappa shape index (κ1) is 19.3. The lowest BCUT2D eigenvalue weighted by Gasteiger charge is -2.25. The standard InChI is InChI=1S/C23H25N3O3/c1-4-15-6-7-18-17(14-15)21(27)19-20(16-8-10-24-11-9-16)26(13-5-12-25(2)3)23(28)22(19)29-18/h6-11,14,20H,4-5,12-13H2,1-3H3. The molecule has 0 N–H and O–H groups in total. The molecule has 1 aliphatic heterocycles. The Bertz CT molecular complexity index is 1110. The maximum absolute atomic E-state index is 13.5. The van der Waals surface area contributed by atoms with Gasteiger partial charge in [0, 0.05) is 18.9 Å². The second-order valence-electron chi connectivity index (χ2n) is 7.70. The van der Waals surface area contributed by atoms with Gasteiger partial charge in [-0.2, -0.15) is 0 Å². The van der Waals surface area contributed by atoms with Gasteiger partial charge in [0.15, 0.2) is 5.43 Å². The van der Waals surface area contributed by atoms with Crippen LogP contribution in [0.2, 0.25) is 0 Å². The van der Waals surface area contributed by atoms with Gasteiger partial charge in [-0.15, -0.1) is 0 Å². The van der Waals surface area contributed by atoms with Crippen molar-refractivity contribution in [3.8, 4) is 0 Å². The zero-order valence-corrected chi connectivity index (χ0v) is 17.0. The quantitative estimate of drug-likeness (QED) is 0.645. The number of benzene rings is 1. The lowest BCUT2D eigenvalue weighted by Crippen LogP contribution is -2.32. The number of hydrogen-bond donors (Lipinski definition) is 0. The SMILES string of the molecule is CCc1ccc2oc3c(c(=O)c2c1)C(c1ccncc1)N(CCCN(C)C)C3=O. The average molecular weight is 391 g/mol. The third-order valence-corrected chi connectivity index (χ3v) is 5.46. The number of carbonyl (C=O) groups is 1. The van der Waals surface area contributed by atoms with Gasteiger partial charge in [0.05, 0.1) is 17.0 Å². The van der Waals surface area contributed by atoms with Gasteiger partial charge in [0.25, 0.3) is 5.91 Å². The Labute approximate surface area is 169 Å². The van der Waals surface area contributed by atoms with Gasteiger partial charge in [-0.1, -0.05) is 13.0 Å². The Morgan fingerprint density at radius 3 is 2.59 bits per heavy atom. The summed E-state index contributed by atoms with van der Waals surface area (Å²) in [6, 6.07) is 8.88. The second-order valence-corrected chi connectivity index (χ2v) is 7.70. The number of carbonyl (C=O) groups excluding carboxylic acids is 1. The Morgan fingerprint density at radius 1 is 1.14 bits per heavy atom. The summed E-state index contributed by atoms with van der Waals surface area (Å²) in [6.07, 6.45) is 5.01. The molecular weight excluding hydrogens is 366 g/mol. The second kappa shape index (κ2) is 7.79. The molecule has 0 bridgehead atoms. The molecule has 29 heavy (non-hydrogen) atoms. The largest absolute Gasteiger partial charge is 0.450 e. The van der Waals surface area contributed by atoms with Crippen molar-refractivity contribution in [2.45, 2.75) is 25.8 Å². The van der Waals surface area contributed by atoms with E-state index in [0.29, 0.717) is 23.1 Å². The minimum absolute atomic E-state index is 0.123. The van der Waals surface area contributed by atoms with Gasteiger partial charge >= 0.3 is 0 Å². The zero-order chi connectivity index (χ0) is 20.5. The molecule has 0 saturated carbocycles. The third kappa shape index (κ3) is 3.44. The molecule has 6 nitrogen and oxygen atoms in total. The molecule has 3 aromatic rings. The topological polar surface area (TPSA) is 66.7 Å². The summed E-state index contributed by atoms with van der Waals surface area (Å²) in [6.45, 7) is 3.45. The van der Waals surface area contributed by atoms with E-state index in [1.165, 1.54) is 0 Å². The first-order chi connectivity index (χ1) is 14.0. The molecule has 1 unspecified atom stereocenters. The molecule has 0 spiro atoms. The maximum Gasteiger partial charge on any atom is 0.290 e. The lowest BCUT2D eigenvalue weighted by atomic mass is 9.98. The molecule has 1 atom stereocenters. The van der Waals surface area contributed by atoms with E-state index in [4.69, 9.17) is 4.42 Å². The molecule has 3 heterocycles. The van der Waals surface area contributed by atoms with Crippen molar-refractivity contribution in [3.63, 3.8) is 0 Å². The average Bonchev–Trinajstić information content (AvgIpc) is 3.00. The summed E-state index contributed by atoms with van der Waals surface area (Å²) in [7, 11) is 4.01. The predicted octanol–water partition coefficient (Wildman–Crippen LogP) is 3.25. The molecule has 0 radical (unpaired) electrons. The molecule has 0 saturated heterocycles. The highest BCUT2D eigenvalue weighted by molar-refractivity contribution is 5.99. The molecule has 6 heteroatoms. The van der Waals surface area contributed by atoms with Crippen LogP contribution in [0, 0.1) is 0 Å². The van der Waals surface area contributed by atoms with Gasteiger partial charge in [-0.3, -0.25) is 14.6 Å². The summed E-state index contributed by atoms with van der Waals surface area (Å²) in [5.74, 6) is -0.0578. The van der Waals surface area contributed by atoms with E-state index in [1.807, 2.05) is 45.3 Å². The molecule has 2 aromatic heterocycles. The summed E-state index contributed by atoms with van der Waals surface area (Å²) < 4.78 is 5.99. The van der Waals surface area contributed by atoms with E-state index >= 15 is 0 Å². The fourth-order valence-corrected chi connectivity index (χ4v) is 3.97. The van der Waals surface area contributed by atoms with Crippen LogP contribution in [0.25, 0.3) is 11.0 Å². The van der Waals surface area contributed by atoms with Gasteiger partial charge in [-0.05, 0) is 68.9 Å². The van der Waals surface area contributed by atoms with Crippen LogP contribution < -0.4 is 5.43 Å². The summed E-state index contributed by atoms with van der Waals surface area (Å²) in [4.78, 5) is 34.6. The van der Waals surface area contributed by atoms with Crippen molar-refractivity contribution < 1.29 is 9.21 Å². The number of amides is 1. The molecule has 0 aliphatic carbocycles. The van der Waals surface area contributed by atoms with Crippen molar-refractivity contribution in [1.82, 2.24) is 14.8 Å². The predicted molar refractivity (Wildman–Crippen MR) is 112 cm³/mol. The van der Waals surface area contributed by atoms with Crippen LogP contribution in [0.3, 0.4) is 0 Å². The number of aryl methyl sites for hydroxylation is 1. The van der Waals surface area contributed by atoms with Crippen molar-refractivity contribution >= 4 is 16.9 Å². The molecular formula is C23H25N3O3. The van der Waals surface area contributed by atoms with Gasteiger partial charge in [0.1, 0.15) is 5.58 Å². The highest BCUT2D eigenvalue weighted by Crippen LogP contribution is 2.38. The van der Waals surface area contributed by atoms with Crippen LogP contribution >= 0.6 is 0 Å². The van der Waals surface area contributed by atoms with E-state index in [0.717, 1.165) is 30.5 Å². The molecule has 0 fully saturated rings. The first-order valence-electron chi connectivity index (χ1n) is 9.96. The Morgan fingerprint density at radius 2 is 1.90 bits per heavy atom. The highest BCUT2D eigenvalue weighted by Gasteiger charge is 2.42. The molecule has 4 rings (SSSR count).